The van der Waals surface area contributed by atoms with Gasteiger partial charge < -0.3 is 9.47 Å². The first-order chi connectivity index (χ1) is 8.85. The molecular weight excluding hydrogens is 226 g/mol. The fourth-order valence-electron chi connectivity index (χ4n) is 2.26. The molecule has 1 aromatic rings. The van der Waals surface area contributed by atoms with E-state index in [4.69, 9.17) is 14.7 Å². The molecule has 3 heteroatoms. The first kappa shape index (κ1) is 13.1. The summed E-state index contributed by atoms with van der Waals surface area (Å²) in [6.07, 6.45) is 4.05. The second kappa shape index (κ2) is 6.53. The van der Waals surface area contributed by atoms with Gasteiger partial charge in [0.05, 0.1) is 18.2 Å². The SMILES string of the molecule is CCc1cccc(C#N)c1COC1CCCCO1. The largest absolute Gasteiger partial charge is 0.353 e. The molecular formula is C15H19NO2. The van der Waals surface area contributed by atoms with Gasteiger partial charge in [0, 0.05) is 6.61 Å². The van der Waals surface area contributed by atoms with Crippen LogP contribution in [-0.2, 0) is 22.5 Å². The Morgan fingerprint density at radius 1 is 1.44 bits per heavy atom. The predicted molar refractivity (Wildman–Crippen MR) is 68.9 cm³/mol. The van der Waals surface area contributed by atoms with Gasteiger partial charge in [-0.25, -0.2) is 0 Å². The highest BCUT2D eigenvalue weighted by molar-refractivity contribution is 5.42. The Bertz CT molecular complexity index is 431. The van der Waals surface area contributed by atoms with E-state index >= 15 is 0 Å². The minimum atomic E-state index is -0.102. The van der Waals surface area contributed by atoms with E-state index in [2.05, 4.69) is 19.1 Å². The van der Waals surface area contributed by atoms with Crippen molar-refractivity contribution in [1.82, 2.24) is 0 Å². The van der Waals surface area contributed by atoms with Crippen molar-refractivity contribution < 1.29 is 9.47 Å². The first-order valence-corrected chi connectivity index (χ1v) is 6.59. The van der Waals surface area contributed by atoms with Crippen molar-refractivity contribution in [2.45, 2.75) is 45.5 Å². The maximum atomic E-state index is 9.14. The Labute approximate surface area is 108 Å². The van der Waals surface area contributed by atoms with Gasteiger partial charge in [0.25, 0.3) is 0 Å². The summed E-state index contributed by atoms with van der Waals surface area (Å²) in [7, 11) is 0. The fraction of sp³-hybridized carbons (Fsp3) is 0.533. The van der Waals surface area contributed by atoms with E-state index < -0.39 is 0 Å². The van der Waals surface area contributed by atoms with Crippen molar-refractivity contribution >= 4 is 0 Å². The number of aryl methyl sites for hydroxylation is 1. The third-order valence-corrected chi connectivity index (χ3v) is 3.33. The van der Waals surface area contributed by atoms with E-state index in [1.54, 1.807) is 0 Å². The van der Waals surface area contributed by atoms with Crippen LogP contribution in [-0.4, -0.2) is 12.9 Å². The van der Waals surface area contributed by atoms with E-state index in [1.807, 2.05) is 12.1 Å². The summed E-state index contributed by atoms with van der Waals surface area (Å²) in [5, 5.41) is 9.14. The van der Waals surface area contributed by atoms with Gasteiger partial charge in [0.15, 0.2) is 6.29 Å². The van der Waals surface area contributed by atoms with Gasteiger partial charge >= 0.3 is 0 Å². The molecule has 0 amide bonds. The summed E-state index contributed by atoms with van der Waals surface area (Å²) in [6, 6.07) is 8.07. The maximum absolute atomic E-state index is 9.14. The molecule has 18 heavy (non-hydrogen) atoms. The zero-order valence-electron chi connectivity index (χ0n) is 10.8. The number of benzene rings is 1. The van der Waals surface area contributed by atoms with Crippen LogP contribution in [0.25, 0.3) is 0 Å². The zero-order chi connectivity index (χ0) is 12.8. The summed E-state index contributed by atoms with van der Waals surface area (Å²) in [4.78, 5) is 0. The third-order valence-electron chi connectivity index (χ3n) is 3.33. The van der Waals surface area contributed by atoms with Crippen LogP contribution in [0.4, 0.5) is 0 Å². The van der Waals surface area contributed by atoms with Crippen LogP contribution >= 0.6 is 0 Å². The molecule has 0 aliphatic carbocycles. The first-order valence-electron chi connectivity index (χ1n) is 6.59. The highest BCUT2D eigenvalue weighted by Gasteiger charge is 2.15. The second-order valence-electron chi connectivity index (χ2n) is 4.52. The summed E-state index contributed by atoms with van der Waals surface area (Å²) in [5.41, 5.74) is 2.91. The van der Waals surface area contributed by atoms with Gasteiger partial charge in [-0.05, 0) is 42.9 Å². The summed E-state index contributed by atoms with van der Waals surface area (Å²) >= 11 is 0. The van der Waals surface area contributed by atoms with Crippen LogP contribution in [0.3, 0.4) is 0 Å². The molecule has 0 N–H and O–H groups in total. The van der Waals surface area contributed by atoms with Gasteiger partial charge in [-0.2, -0.15) is 5.26 Å². The molecule has 0 aromatic heterocycles. The Morgan fingerprint density at radius 2 is 2.33 bits per heavy atom. The molecule has 1 unspecified atom stereocenters. The van der Waals surface area contributed by atoms with Crippen LogP contribution in [0.15, 0.2) is 18.2 Å². The molecule has 0 saturated carbocycles. The summed E-state index contributed by atoms with van der Waals surface area (Å²) in [6.45, 7) is 3.35. The lowest BCUT2D eigenvalue weighted by molar-refractivity contribution is -0.169. The van der Waals surface area contributed by atoms with Gasteiger partial charge in [0.1, 0.15) is 0 Å². The highest BCUT2D eigenvalue weighted by atomic mass is 16.7. The van der Waals surface area contributed by atoms with Crippen molar-refractivity contribution in [3.8, 4) is 6.07 Å². The van der Waals surface area contributed by atoms with Crippen molar-refractivity contribution in [2.24, 2.45) is 0 Å². The van der Waals surface area contributed by atoms with E-state index in [0.717, 1.165) is 37.9 Å². The number of ether oxygens (including phenoxy) is 2. The number of hydrogen-bond donors (Lipinski definition) is 0. The fourth-order valence-corrected chi connectivity index (χ4v) is 2.26. The van der Waals surface area contributed by atoms with E-state index in [9.17, 15) is 0 Å². The molecule has 1 aromatic carbocycles. The van der Waals surface area contributed by atoms with Crippen LogP contribution < -0.4 is 0 Å². The zero-order valence-corrected chi connectivity index (χ0v) is 10.8. The minimum absolute atomic E-state index is 0.102. The van der Waals surface area contributed by atoms with Gasteiger partial charge in [-0.15, -0.1) is 0 Å². The summed E-state index contributed by atoms with van der Waals surface area (Å²) in [5.74, 6) is 0. The Hall–Kier alpha value is -1.37. The lowest BCUT2D eigenvalue weighted by atomic mass is 10.0. The average Bonchev–Trinajstić information content (AvgIpc) is 2.45. The topological polar surface area (TPSA) is 42.2 Å². The molecule has 1 aliphatic heterocycles. The molecule has 1 fully saturated rings. The molecule has 0 bridgehead atoms. The molecule has 3 nitrogen and oxygen atoms in total. The second-order valence-corrected chi connectivity index (χ2v) is 4.52. The Balaban J connectivity index is 2.05. The molecule has 0 spiro atoms. The molecule has 1 aliphatic rings. The van der Waals surface area contributed by atoms with Crippen LogP contribution in [0.2, 0.25) is 0 Å². The smallest absolute Gasteiger partial charge is 0.158 e. The van der Waals surface area contributed by atoms with E-state index in [0.29, 0.717) is 12.2 Å². The van der Waals surface area contributed by atoms with Crippen molar-refractivity contribution in [1.29, 1.82) is 5.26 Å². The summed E-state index contributed by atoms with van der Waals surface area (Å²) < 4.78 is 11.3. The Morgan fingerprint density at radius 3 is 3.00 bits per heavy atom. The standard InChI is InChI=1S/C15H19NO2/c1-2-12-6-5-7-13(10-16)14(12)11-18-15-8-3-4-9-17-15/h5-7,15H,2-4,8-9,11H2,1H3. The van der Waals surface area contributed by atoms with Gasteiger partial charge in [0.2, 0.25) is 0 Å². The molecule has 1 saturated heterocycles. The number of nitriles is 1. The highest BCUT2D eigenvalue weighted by Crippen LogP contribution is 2.20. The van der Waals surface area contributed by atoms with E-state index in [-0.39, 0.29) is 6.29 Å². The predicted octanol–water partition coefficient (Wildman–Crippen LogP) is 3.16. The molecule has 1 atom stereocenters. The van der Waals surface area contributed by atoms with Crippen molar-refractivity contribution in [3.05, 3.63) is 34.9 Å². The molecule has 0 radical (unpaired) electrons. The van der Waals surface area contributed by atoms with Crippen LogP contribution in [0, 0.1) is 11.3 Å². The van der Waals surface area contributed by atoms with Gasteiger partial charge in [-0.1, -0.05) is 19.1 Å². The number of hydrogen-bond acceptors (Lipinski definition) is 3. The maximum Gasteiger partial charge on any atom is 0.158 e. The van der Waals surface area contributed by atoms with Crippen LogP contribution in [0.5, 0.6) is 0 Å². The average molecular weight is 245 g/mol. The molecule has 2 rings (SSSR count). The van der Waals surface area contributed by atoms with Crippen molar-refractivity contribution in [3.63, 3.8) is 0 Å². The molecule has 96 valence electrons. The number of nitrogens with zero attached hydrogens (tertiary/aromatic N) is 1. The normalized spacial score (nSPS) is 19.4. The van der Waals surface area contributed by atoms with Crippen LogP contribution in [0.1, 0.15) is 42.9 Å². The minimum Gasteiger partial charge on any atom is -0.353 e. The third kappa shape index (κ3) is 3.10. The van der Waals surface area contributed by atoms with Gasteiger partial charge in [-0.3, -0.25) is 0 Å². The lowest BCUT2D eigenvalue weighted by Crippen LogP contribution is -2.22. The monoisotopic (exact) mass is 245 g/mol. The number of rotatable bonds is 4. The van der Waals surface area contributed by atoms with E-state index in [1.165, 1.54) is 5.56 Å². The quantitative estimate of drug-likeness (QED) is 0.818. The lowest BCUT2D eigenvalue weighted by Gasteiger charge is -2.23. The molecule has 1 heterocycles. The van der Waals surface area contributed by atoms with Crippen molar-refractivity contribution in [2.75, 3.05) is 6.61 Å². The Kier molecular flexibility index (Phi) is 4.74.